The Hall–Kier alpha value is 0.115. The van der Waals surface area contributed by atoms with Gasteiger partial charge in [0.2, 0.25) is 0 Å². The molecule has 17 heavy (non-hydrogen) atoms. The zero-order valence-electron chi connectivity index (χ0n) is 12.9. The fourth-order valence-corrected chi connectivity index (χ4v) is 2.47. The number of hydrogen-bond acceptors (Lipinski definition) is 3. The molecule has 5 heteroatoms. The van der Waals surface area contributed by atoms with E-state index in [2.05, 4.69) is 44.2 Å². The van der Waals surface area contributed by atoms with Crippen LogP contribution in [0.1, 0.15) is 34.6 Å². The number of rotatable bonds is 5. The molecule has 0 spiro atoms. The average molecular weight is 258 g/mol. The Kier molecular flexibility index (Phi) is 6.94. The fraction of sp³-hybridized carbons (Fsp3) is 0.917. The van der Waals surface area contributed by atoms with Gasteiger partial charge in [-0.15, -0.1) is 0 Å². The van der Waals surface area contributed by atoms with Crippen LogP contribution in [0.3, 0.4) is 0 Å². The second-order valence-electron chi connectivity index (χ2n) is 6.15. The van der Waals surface area contributed by atoms with Gasteiger partial charge < -0.3 is 14.3 Å². The van der Waals surface area contributed by atoms with Crippen molar-refractivity contribution >= 4 is 20.9 Å². The minimum Gasteiger partial charge on any atom is -0.372 e. The van der Waals surface area contributed by atoms with Crippen LogP contribution >= 0.6 is 8.20 Å². The molecule has 0 amide bonds. The van der Waals surface area contributed by atoms with Gasteiger partial charge in [0.15, 0.2) is 0 Å². The topological polar surface area (TPSA) is 15.7 Å². The summed E-state index contributed by atoms with van der Waals surface area (Å²) in [5, 5.41) is 0.239. The lowest BCUT2D eigenvalue weighted by Gasteiger charge is -2.28. The van der Waals surface area contributed by atoms with Crippen LogP contribution in [0.5, 0.6) is 0 Å². The summed E-state index contributed by atoms with van der Waals surface area (Å²) in [4.78, 5) is 4.17. The summed E-state index contributed by atoms with van der Waals surface area (Å²) in [5.41, 5.74) is 1.16. The number of hydrogen-bond donors (Lipinski definition) is 0. The highest BCUT2D eigenvalue weighted by Crippen LogP contribution is 2.26. The van der Waals surface area contributed by atoms with Crippen LogP contribution in [0.15, 0.2) is 0 Å². The normalized spacial score (nSPS) is 14.0. The standard InChI is InChI=1S/C12H28BN2OP/c1-10(2)11(17-12(3,4)5)16-13(14(6)7)15(8)9/h10H,1-9H3. The monoisotopic (exact) mass is 258 g/mol. The first kappa shape index (κ1) is 17.1. The maximum Gasteiger partial charge on any atom is 0.483 e. The van der Waals surface area contributed by atoms with Crippen LogP contribution in [0.25, 0.3) is 0 Å². The van der Waals surface area contributed by atoms with E-state index in [1.807, 2.05) is 28.2 Å². The predicted octanol–water partition coefficient (Wildman–Crippen LogP) is 2.64. The molecule has 0 saturated heterocycles. The van der Waals surface area contributed by atoms with Crippen LogP contribution in [0.4, 0.5) is 0 Å². The lowest BCUT2D eigenvalue weighted by molar-refractivity contribution is 0.367. The first-order valence-electron chi connectivity index (χ1n) is 6.14. The Bertz CT molecular complexity index is 252. The van der Waals surface area contributed by atoms with Crippen molar-refractivity contribution in [2.75, 3.05) is 28.2 Å². The first-order valence-corrected chi connectivity index (χ1v) is 7.03. The van der Waals surface area contributed by atoms with Crippen molar-refractivity contribution in [1.29, 1.82) is 0 Å². The second kappa shape index (κ2) is 6.89. The van der Waals surface area contributed by atoms with Crippen molar-refractivity contribution in [1.82, 2.24) is 9.62 Å². The smallest absolute Gasteiger partial charge is 0.372 e. The summed E-state index contributed by atoms with van der Waals surface area (Å²) < 4.78 is 6.17. The maximum absolute atomic E-state index is 6.17. The highest BCUT2D eigenvalue weighted by Gasteiger charge is 2.27. The SMILES string of the molecule is CC(C)C(OB(N(C)C)N(C)C)=PC(C)(C)C. The van der Waals surface area contributed by atoms with Crippen LogP contribution in [-0.2, 0) is 4.65 Å². The third-order valence-corrected chi connectivity index (χ3v) is 3.56. The molecule has 0 radical (unpaired) electrons. The molecule has 0 rings (SSSR count). The Morgan fingerprint density at radius 1 is 1.06 bits per heavy atom. The highest BCUT2D eigenvalue weighted by molar-refractivity contribution is 7.42. The van der Waals surface area contributed by atoms with Crippen molar-refractivity contribution in [2.24, 2.45) is 5.92 Å². The summed E-state index contributed by atoms with van der Waals surface area (Å²) in [6, 6.07) is 0. The minimum absolute atomic E-state index is 0.00208. The molecule has 0 bridgehead atoms. The van der Waals surface area contributed by atoms with E-state index in [1.165, 1.54) is 8.20 Å². The van der Waals surface area contributed by atoms with Crippen molar-refractivity contribution in [2.45, 2.75) is 39.8 Å². The molecular formula is C12H28BN2OP. The molecule has 0 aromatic rings. The third-order valence-electron chi connectivity index (χ3n) is 2.05. The average Bonchev–Trinajstić information content (AvgIpc) is 2.08. The first-order chi connectivity index (χ1) is 7.54. The highest BCUT2D eigenvalue weighted by atomic mass is 31.1. The second-order valence-corrected chi connectivity index (χ2v) is 8.15. The van der Waals surface area contributed by atoms with Gasteiger partial charge in [-0.2, -0.15) is 0 Å². The molecule has 0 N–H and O–H groups in total. The van der Waals surface area contributed by atoms with Crippen molar-refractivity contribution in [3.63, 3.8) is 0 Å². The molecule has 0 fully saturated rings. The van der Waals surface area contributed by atoms with Gasteiger partial charge in [0.1, 0.15) is 0 Å². The van der Waals surface area contributed by atoms with Gasteiger partial charge in [-0.05, 0) is 28.2 Å². The van der Waals surface area contributed by atoms with Crippen molar-refractivity contribution < 1.29 is 4.65 Å². The Balaban J connectivity index is 4.93. The fourth-order valence-electron chi connectivity index (χ4n) is 1.40. The number of nitrogens with zero attached hydrogens (tertiary/aromatic N) is 2. The third kappa shape index (κ3) is 7.20. The predicted molar refractivity (Wildman–Crippen MR) is 80.7 cm³/mol. The van der Waals surface area contributed by atoms with E-state index in [0.29, 0.717) is 5.92 Å². The summed E-state index contributed by atoms with van der Waals surface area (Å²) >= 11 is 0. The van der Waals surface area contributed by atoms with Crippen LogP contribution in [0, 0.1) is 5.92 Å². The van der Waals surface area contributed by atoms with Crippen molar-refractivity contribution in [3.05, 3.63) is 0 Å². The summed E-state index contributed by atoms with van der Waals surface area (Å²) in [6.07, 6.45) is 0. The van der Waals surface area contributed by atoms with E-state index in [1.54, 1.807) is 0 Å². The largest absolute Gasteiger partial charge is 0.483 e. The van der Waals surface area contributed by atoms with E-state index in [9.17, 15) is 0 Å². The van der Waals surface area contributed by atoms with Crippen LogP contribution < -0.4 is 0 Å². The quantitative estimate of drug-likeness (QED) is 0.557. The van der Waals surface area contributed by atoms with Gasteiger partial charge in [0.05, 0.1) is 5.48 Å². The van der Waals surface area contributed by atoms with Gasteiger partial charge in [0, 0.05) is 11.1 Å². The van der Waals surface area contributed by atoms with Gasteiger partial charge >= 0.3 is 7.19 Å². The van der Waals surface area contributed by atoms with E-state index < -0.39 is 0 Å². The van der Waals surface area contributed by atoms with E-state index in [0.717, 1.165) is 5.48 Å². The molecule has 100 valence electrons. The van der Waals surface area contributed by atoms with Crippen LogP contribution in [0.2, 0.25) is 0 Å². The van der Waals surface area contributed by atoms with Gasteiger partial charge in [-0.1, -0.05) is 42.8 Å². The minimum atomic E-state index is 0.00208. The molecule has 0 aromatic heterocycles. The molecule has 0 heterocycles. The maximum atomic E-state index is 6.17. The zero-order chi connectivity index (χ0) is 13.8. The zero-order valence-corrected chi connectivity index (χ0v) is 13.8. The molecule has 0 aromatic carbocycles. The van der Waals surface area contributed by atoms with Gasteiger partial charge in [0.25, 0.3) is 0 Å². The van der Waals surface area contributed by atoms with Crippen molar-refractivity contribution in [3.8, 4) is 0 Å². The molecule has 0 aliphatic carbocycles. The Labute approximate surface area is 109 Å². The summed E-state index contributed by atoms with van der Waals surface area (Å²) in [6.45, 7) is 11.1. The summed E-state index contributed by atoms with van der Waals surface area (Å²) in [5.74, 6) is 0.443. The van der Waals surface area contributed by atoms with Gasteiger partial charge in [-0.3, -0.25) is 0 Å². The van der Waals surface area contributed by atoms with Crippen LogP contribution in [-0.4, -0.2) is 55.6 Å². The van der Waals surface area contributed by atoms with E-state index in [4.69, 9.17) is 4.65 Å². The summed E-state index contributed by atoms with van der Waals surface area (Å²) in [7, 11) is 9.43. The van der Waals surface area contributed by atoms with E-state index >= 15 is 0 Å². The Morgan fingerprint density at radius 3 is 1.71 bits per heavy atom. The van der Waals surface area contributed by atoms with E-state index in [-0.39, 0.29) is 12.3 Å². The Morgan fingerprint density at radius 2 is 1.47 bits per heavy atom. The molecule has 3 nitrogen and oxygen atoms in total. The molecule has 0 aliphatic rings. The van der Waals surface area contributed by atoms with Gasteiger partial charge in [-0.25, -0.2) is 0 Å². The molecule has 0 aliphatic heterocycles. The lowest BCUT2D eigenvalue weighted by atomic mass is 9.97. The lowest BCUT2D eigenvalue weighted by Crippen LogP contribution is -2.49. The molecular weight excluding hydrogens is 230 g/mol. The molecule has 0 saturated carbocycles. The molecule has 0 unspecified atom stereocenters. The molecule has 0 atom stereocenters.